The summed E-state index contributed by atoms with van der Waals surface area (Å²) in [5.41, 5.74) is 1.63. The van der Waals surface area contributed by atoms with Crippen LogP contribution < -0.4 is 5.32 Å². The second-order valence-electron chi connectivity index (χ2n) is 7.76. The van der Waals surface area contributed by atoms with Gasteiger partial charge in [-0.25, -0.2) is 0 Å². The Bertz CT molecular complexity index is 645. The van der Waals surface area contributed by atoms with Crippen LogP contribution >= 0.6 is 0 Å². The number of carbonyl (C=O) groups excluding carboxylic acids is 2. The third-order valence-corrected chi connectivity index (χ3v) is 5.95. The molecular weight excluding hydrogens is 300 g/mol. The van der Waals surface area contributed by atoms with Crippen molar-refractivity contribution >= 4 is 11.8 Å². The van der Waals surface area contributed by atoms with Crippen LogP contribution in [0.4, 0.5) is 0 Å². The highest BCUT2D eigenvalue weighted by Gasteiger charge is 2.45. The molecule has 0 unspecified atom stereocenters. The van der Waals surface area contributed by atoms with E-state index in [9.17, 15) is 9.59 Å². The average Bonchev–Trinajstić information content (AvgIpc) is 3.37. The van der Waals surface area contributed by atoms with E-state index in [0.717, 1.165) is 43.4 Å². The van der Waals surface area contributed by atoms with E-state index in [4.69, 9.17) is 0 Å². The zero-order valence-corrected chi connectivity index (χ0v) is 14.2. The summed E-state index contributed by atoms with van der Waals surface area (Å²) in [6, 6.07) is 7.87. The zero-order valence-electron chi connectivity index (χ0n) is 14.2. The second-order valence-corrected chi connectivity index (χ2v) is 7.76. The van der Waals surface area contributed by atoms with Gasteiger partial charge in [-0.3, -0.25) is 9.59 Å². The van der Waals surface area contributed by atoms with Gasteiger partial charge in [0.05, 0.1) is 5.54 Å². The van der Waals surface area contributed by atoms with Crippen molar-refractivity contribution in [1.82, 2.24) is 10.2 Å². The smallest absolute Gasteiger partial charge is 0.254 e. The quantitative estimate of drug-likeness (QED) is 0.903. The van der Waals surface area contributed by atoms with Gasteiger partial charge in [-0.1, -0.05) is 37.5 Å². The fraction of sp³-hybridized carbons (Fsp3) is 0.600. The normalized spacial score (nSPS) is 22.3. The maximum atomic E-state index is 13.0. The Hall–Kier alpha value is -1.84. The lowest BCUT2D eigenvalue weighted by Gasteiger charge is -2.44. The Balaban J connectivity index is 1.53. The SMILES string of the molecule is O=C(CC1(N2Cc3ccccc3C2=O)CCCCC1)NCC1CC1. The van der Waals surface area contributed by atoms with E-state index in [1.54, 1.807) is 0 Å². The molecule has 2 aliphatic carbocycles. The van der Waals surface area contributed by atoms with E-state index < -0.39 is 0 Å². The zero-order chi connectivity index (χ0) is 16.6. The van der Waals surface area contributed by atoms with Gasteiger partial charge in [-0.15, -0.1) is 0 Å². The van der Waals surface area contributed by atoms with Gasteiger partial charge in [0.25, 0.3) is 5.91 Å². The van der Waals surface area contributed by atoms with Crippen LogP contribution in [0.25, 0.3) is 0 Å². The summed E-state index contributed by atoms with van der Waals surface area (Å²) in [6.07, 6.45) is 8.26. The van der Waals surface area contributed by atoms with Crippen LogP contribution in [0.1, 0.15) is 67.3 Å². The predicted octanol–water partition coefficient (Wildman–Crippen LogP) is 3.26. The number of fused-ring (bicyclic) bond motifs is 1. The summed E-state index contributed by atoms with van der Waals surface area (Å²) in [7, 11) is 0. The molecule has 0 bridgehead atoms. The molecule has 0 atom stereocenters. The number of hydrogen-bond donors (Lipinski definition) is 1. The van der Waals surface area contributed by atoms with Crippen LogP contribution in [-0.4, -0.2) is 28.8 Å². The van der Waals surface area contributed by atoms with Gasteiger partial charge in [-0.2, -0.15) is 0 Å². The summed E-state index contributed by atoms with van der Waals surface area (Å²) in [4.78, 5) is 27.5. The summed E-state index contributed by atoms with van der Waals surface area (Å²) in [5, 5.41) is 3.10. The topological polar surface area (TPSA) is 49.4 Å². The Morgan fingerprint density at radius 1 is 1.17 bits per heavy atom. The summed E-state index contributed by atoms with van der Waals surface area (Å²) in [6.45, 7) is 1.47. The molecule has 1 N–H and O–H groups in total. The van der Waals surface area contributed by atoms with E-state index in [-0.39, 0.29) is 17.4 Å². The minimum absolute atomic E-state index is 0.113. The van der Waals surface area contributed by atoms with Crippen molar-refractivity contribution in [2.75, 3.05) is 6.54 Å². The highest BCUT2D eigenvalue weighted by molar-refractivity contribution is 5.99. The summed E-state index contributed by atoms with van der Waals surface area (Å²) < 4.78 is 0. The minimum Gasteiger partial charge on any atom is -0.356 e. The molecule has 4 heteroatoms. The Labute approximate surface area is 143 Å². The number of nitrogens with zero attached hydrogens (tertiary/aromatic N) is 1. The Morgan fingerprint density at radius 3 is 2.62 bits per heavy atom. The van der Waals surface area contributed by atoms with E-state index >= 15 is 0 Å². The van der Waals surface area contributed by atoms with Crippen LogP contribution in [0.3, 0.4) is 0 Å². The van der Waals surface area contributed by atoms with Gasteiger partial charge in [0, 0.05) is 25.1 Å². The van der Waals surface area contributed by atoms with Crippen molar-refractivity contribution in [1.29, 1.82) is 0 Å². The first-order chi connectivity index (χ1) is 11.7. The highest BCUT2D eigenvalue weighted by Crippen LogP contribution is 2.41. The second kappa shape index (κ2) is 6.23. The molecule has 0 radical (unpaired) electrons. The molecule has 0 saturated heterocycles. The van der Waals surface area contributed by atoms with Crippen molar-refractivity contribution in [3.8, 4) is 0 Å². The van der Waals surface area contributed by atoms with E-state index in [0.29, 0.717) is 18.9 Å². The van der Waals surface area contributed by atoms with Crippen LogP contribution in [-0.2, 0) is 11.3 Å². The van der Waals surface area contributed by atoms with Crippen LogP contribution in [0, 0.1) is 5.92 Å². The molecular formula is C20H26N2O2. The van der Waals surface area contributed by atoms with Gasteiger partial charge in [-0.05, 0) is 43.2 Å². The molecule has 1 aliphatic heterocycles. The van der Waals surface area contributed by atoms with Crippen molar-refractivity contribution < 1.29 is 9.59 Å². The third-order valence-electron chi connectivity index (χ3n) is 5.95. The first kappa shape index (κ1) is 15.7. The van der Waals surface area contributed by atoms with E-state index in [1.165, 1.54) is 19.3 Å². The third kappa shape index (κ3) is 2.94. The number of nitrogens with one attached hydrogen (secondary N) is 1. The van der Waals surface area contributed by atoms with Crippen LogP contribution in [0.15, 0.2) is 24.3 Å². The van der Waals surface area contributed by atoms with Crippen LogP contribution in [0.5, 0.6) is 0 Å². The molecule has 1 aromatic carbocycles. The molecule has 3 aliphatic rings. The molecule has 2 amide bonds. The molecule has 4 nitrogen and oxygen atoms in total. The average molecular weight is 326 g/mol. The van der Waals surface area contributed by atoms with Gasteiger partial charge in [0.15, 0.2) is 0 Å². The molecule has 2 fully saturated rings. The molecule has 128 valence electrons. The van der Waals surface area contributed by atoms with Crippen molar-refractivity contribution in [3.63, 3.8) is 0 Å². The molecule has 1 heterocycles. The predicted molar refractivity (Wildman–Crippen MR) is 92.5 cm³/mol. The van der Waals surface area contributed by atoms with Gasteiger partial charge in [0.2, 0.25) is 5.91 Å². The fourth-order valence-corrected chi connectivity index (χ4v) is 4.33. The fourth-order valence-electron chi connectivity index (χ4n) is 4.33. The minimum atomic E-state index is -0.290. The van der Waals surface area contributed by atoms with Crippen molar-refractivity contribution in [2.24, 2.45) is 5.92 Å². The molecule has 0 aromatic heterocycles. The first-order valence-corrected chi connectivity index (χ1v) is 9.35. The number of rotatable bonds is 5. The van der Waals surface area contributed by atoms with E-state index in [2.05, 4.69) is 5.32 Å². The molecule has 0 spiro atoms. The number of amides is 2. The van der Waals surface area contributed by atoms with Crippen molar-refractivity contribution in [3.05, 3.63) is 35.4 Å². The number of hydrogen-bond acceptors (Lipinski definition) is 2. The van der Waals surface area contributed by atoms with Gasteiger partial charge in [0.1, 0.15) is 0 Å². The Kier molecular flexibility index (Phi) is 4.07. The summed E-state index contributed by atoms with van der Waals surface area (Å²) in [5.74, 6) is 0.920. The number of benzene rings is 1. The monoisotopic (exact) mass is 326 g/mol. The van der Waals surface area contributed by atoms with Crippen LogP contribution in [0.2, 0.25) is 0 Å². The molecule has 4 rings (SSSR count). The standard InChI is InChI=1S/C20H26N2O2/c23-18(21-13-15-8-9-15)12-20(10-4-1-5-11-20)22-14-16-6-2-3-7-17(16)19(22)24/h2-3,6-7,15H,1,4-5,8-14H2,(H,21,23). The van der Waals surface area contributed by atoms with Gasteiger partial charge < -0.3 is 10.2 Å². The van der Waals surface area contributed by atoms with Gasteiger partial charge >= 0.3 is 0 Å². The van der Waals surface area contributed by atoms with E-state index in [1.807, 2.05) is 29.2 Å². The summed E-state index contributed by atoms with van der Waals surface area (Å²) >= 11 is 0. The molecule has 1 aromatic rings. The first-order valence-electron chi connectivity index (χ1n) is 9.35. The lowest BCUT2D eigenvalue weighted by atomic mass is 9.77. The maximum Gasteiger partial charge on any atom is 0.254 e. The van der Waals surface area contributed by atoms with Crippen molar-refractivity contribution in [2.45, 2.75) is 63.5 Å². The maximum absolute atomic E-state index is 13.0. The lowest BCUT2D eigenvalue weighted by molar-refractivity contribution is -0.124. The molecule has 24 heavy (non-hydrogen) atoms. The highest BCUT2D eigenvalue weighted by atomic mass is 16.2. The largest absolute Gasteiger partial charge is 0.356 e. The number of carbonyl (C=O) groups is 2. The lowest BCUT2D eigenvalue weighted by Crippen LogP contribution is -2.52. The molecule has 2 saturated carbocycles. The Morgan fingerprint density at radius 2 is 1.92 bits per heavy atom.